The van der Waals surface area contributed by atoms with Crippen LogP contribution in [0.5, 0.6) is 5.75 Å². The molecule has 5 heteroatoms. The van der Waals surface area contributed by atoms with Crippen LogP contribution in [0, 0.1) is 0 Å². The van der Waals surface area contributed by atoms with Gasteiger partial charge in [-0.2, -0.15) is 0 Å². The van der Waals surface area contributed by atoms with Gasteiger partial charge in [0.25, 0.3) is 0 Å². The Morgan fingerprint density at radius 1 is 1.00 bits per heavy atom. The summed E-state index contributed by atoms with van der Waals surface area (Å²) in [6.45, 7) is 13.4. The lowest BCUT2D eigenvalue weighted by atomic mass is 9.87. The molecule has 0 aliphatic carbocycles. The van der Waals surface area contributed by atoms with Crippen molar-refractivity contribution >= 4 is 9.84 Å². The Balaban J connectivity index is 2.09. The molecule has 0 bridgehead atoms. The maximum atomic E-state index is 13.6. The zero-order valence-corrected chi connectivity index (χ0v) is 18.4. The molecule has 1 aliphatic rings. The van der Waals surface area contributed by atoms with Crippen molar-refractivity contribution in [3.05, 3.63) is 53.6 Å². The summed E-state index contributed by atoms with van der Waals surface area (Å²) >= 11 is 0. The van der Waals surface area contributed by atoms with E-state index in [9.17, 15) is 8.42 Å². The standard InChI is InChI=1S/C23H30O4S/c1-22(2,3)16-8-7-9-19(12-16)28(24,25)21-13-17(26-14-18-15-27-18)10-11-20(21)23(4,5)6/h7-13,18H,14-15H2,1-6H3. The molecule has 1 saturated heterocycles. The average Bonchev–Trinajstić information content (AvgIpc) is 3.42. The van der Waals surface area contributed by atoms with Crippen LogP contribution in [0.15, 0.2) is 52.3 Å². The molecule has 4 nitrogen and oxygen atoms in total. The highest BCUT2D eigenvalue weighted by Crippen LogP contribution is 2.36. The first kappa shape index (κ1) is 20.9. The molecule has 0 aromatic heterocycles. The van der Waals surface area contributed by atoms with Crippen LogP contribution in [-0.2, 0) is 25.4 Å². The van der Waals surface area contributed by atoms with E-state index < -0.39 is 9.84 Å². The average molecular weight is 403 g/mol. The van der Waals surface area contributed by atoms with Crippen molar-refractivity contribution in [1.29, 1.82) is 0 Å². The van der Waals surface area contributed by atoms with E-state index in [4.69, 9.17) is 9.47 Å². The van der Waals surface area contributed by atoms with Gasteiger partial charge in [0.1, 0.15) is 18.5 Å². The fourth-order valence-corrected chi connectivity index (χ4v) is 4.77. The van der Waals surface area contributed by atoms with E-state index in [0.29, 0.717) is 28.8 Å². The Morgan fingerprint density at radius 2 is 1.68 bits per heavy atom. The van der Waals surface area contributed by atoms with Crippen molar-refractivity contribution in [3.63, 3.8) is 0 Å². The third kappa shape index (κ3) is 4.58. The minimum atomic E-state index is -3.69. The number of benzene rings is 2. The van der Waals surface area contributed by atoms with Gasteiger partial charge in [-0.05, 0) is 46.2 Å². The van der Waals surface area contributed by atoms with E-state index in [0.717, 1.165) is 11.1 Å². The highest BCUT2D eigenvalue weighted by Gasteiger charge is 2.29. The third-order valence-electron chi connectivity index (χ3n) is 4.90. The highest BCUT2D eigenvalue weighted by molar-refractivity contribution is 7.91. The van der Waals surface area contributed by atoms with Gasteiger partial charge in [-0.3, -0.25) is 0 Å². The van der Waals surface area contributed by atoms with Gasteiger partial charge in [0, 0.05) is 0 Å². The molecule has 0 amide bonds. The Kier molecular flexibility index (Phi) is 5.36. The van der Waals surface area contributed by atoms with Crippen molar-refractivity contribution in [2.75, 3.05) is 13.2 Å². The molecule has 2 aromatic rings. The normalized spacial score (nSPS) is 17.4. The van der Waals surface area contributed by atoms with Gasteiger partial charge in [0.15, 0.2) is 0 Å². The maximum Gasteiger partial charge on any atom is 0.207 e. The van der Waals surface area contributed by atoms with Crippen molar-refractivity contribution in [3.8, 4) is 5.75 Å². The predicted octanol–water partition coefficient (Wildman–Crippen LogP) is 4.89. The first-order valence-corrected chi connectivity index (χ1v) is 11.1. The number of hydrogen-bond acceptors (Lipinski definition) is 4. The molecular weight excluding hydrogens is 372 g/mol. The molecule has 152 valence electrons. The highest BCUT2D eigenvalue weighted by atomic mass is 32.2. The van der Waals surface area contributed by atoms with Crippen LogP contribution < -0.4 is 4.74 Å². The lowest BCUT2D eigenvalue weighted by Gasteiger charge is -2.24. The number of sulfone groups is 1. The monoisotopic (exact) mass is 402 g/mol. The quantitative estimate of drug-likeness (QED) is 0.668. The topological polar surface area (TPSA) is 55.9 Å². The van der Waals surface area contributed by atoms with Crippen LogP contribution in [0.25, 0.3) is 0 Å². The molecule has 0 radical (unpaired) electrons. The molecule has 3 rings (SSSR count). The molecule has 28 heavy (non-hydrogen) atoms. The first-order valence-electron chi connectivity index (χ1n) is 9.63. The summed E-state index contributed by atoms with van der Waals surface area (Å²) in [4.78, 5) is 0.619. The van der Waals surface area contributed by atoms with E-state index in [1.165, 1.54) is 0 Å². The van der Waals surface area contributed by atoms with Crippen LogP contribution in [0.1, 0.15) is 52.7 Å². The Labute approximate surface area is 168 Å². The van der Waals surface area contributed by atoms with Crippen molar-refractivity contribution in [1.82, 2.24) is 0 Å². The van der Waals surface area contributed by atoms with Crippen LogP contribution in [0.4, 0.5) is 0 Å². The van der Waals surface area contributed by atoms with E-state index in [2.05, 4.69) is 20.8 Å². The smallest absolute Gasteiger partial charge is 0.207 e. The summed E-state index contributed by atoms with van der Waals surface area (Å²) in [5.41, 5.74) is 1.32. The number of epoxide rings is 1. The lowest BCUT2D eigenvalue weighted by molar-refractivity contribution is 0.262. The summed E-state index contributed by atoms with van der Waals surface area (Å²) in [5, 5.41) is 0. The second-order valence-electron chi connectivity index (χ2n) is 9.46. The van der Waals surface area contributed by atoms with Gasteiger partial charge in [-0.15, -0.1) is 0 Å². The molecule has 0 saturated carbocycles. The van der Waals surface area contributed by atoms with Crippen molar-refractivity contribution in [2.24, 2.45) is 0 Å². The van der Waals surface area contributed by atoms with Gasteiger partial charge in [0.2, 0.25) is 9.84 Å². The van der Waals surface area contributed by atoms with Crippen LogP contribution in [-0.4, -0.2) is 27.7 Å². The minimum absolute atomic E-state index is 0.116. The molecule has 1 atom stereocenters. The molecule has 1 fully saturated rings. The number of ether oxygens (including phenoxy) is 2. The summed E-state index contributed by atoms with van der Waals surface area (Å²) in [6, 6.07) is 12.6. The van der Waals surface area contributed by atoms with Gasteiger partial charge in [0.05, 0.1) is 16.4 Å². The molecule has 1 aliphatic heterocycles. The summed E-state index contributed by atoms with van der Waals surface area (Å²) in [7, 11) is -3.69. The molecule has 0 N–H and O–H groups in total. The second kappa shape index (κ2) is 7.20. The van der Waals surface area contributed by atoms with E-state index in [-0.39, 0.29) is 16.9 Å². The van der Waals surface area contributed by atoms with Crippen molar-refractivity contribution < 1.29 is 17.9 Å². The minimum Gasteiger partial charge on any atom is -0.491 e. The van der Waals surface area contributed by atoms with Gasteiger partial charge in [-0.25, -0.2) is 8.42 Å². The van der Waals surface area contributed by atoms with Crippen LogP contribution in [0.3, 0.4) is 0 Å². The van der Waals surface area contributed by atoms with Crippen LogP contribution >= 0.6 is 0 Å². The zero-order chi connectivity index (χ0) is 20.7. The Hall–Kier alpha value is -1.85. The third-order valence-corrected chi connectivity index (χ3v) is 6.69. The fourth-order valence-electron chi connectivity index (χ4n) is 3.04. The zero-order valence-electron chi connectivity index (χ0n) is 17.6. The van der Waals surface area contributed by atoms with Crippen LogP contribution in [0.2, 0.25) is 0 Å². The molecule has 2 aromatic carbocycles. The fraction of sp³-hybridized carbons (Fsp3) is 0.478. The molecule has 1 heterocycles. The first-order chi connectivity index (χ1) is 12.9. The van der Waals surface area contributed by atoms with E-state index >= 15 is 0 Å². The summed E-state index contributed by atoms with van der Waals surface area (Å²) < 4.78 is 38.1. The second-order valence-corrected chi connectivity index (χ2v) is 11.4. The van der Waals surface area contributed by atoms with Gasteiger partial charge >= 0.3 is 0 Å². The lowest BCUT2D eigenvalue weighted by Crippen LogP contribution is -2.18. The maximum absolute atomic E-state index is 13.6. The summed E-state index contributed by atoms with van der Waals surface area (Å²) in [5.74, 6) is 0.550. The number of rotatable bonds is 5. The SMILES string of the molecule is CC(C)(C)c1cccc(S(=O)(=O)c2cc(OCC3CO3)ccc2C(C)(C)C)c1. The number of hydrogen-bond donors (Lipinski definition) is 0. The van der Waals surface area contributed by atoms with E-state index in [1.807, 2.05) is 45.0 Å². The van der Waals surface area contributed by atoms with Gasteiger partial charge in [-0.1, -0.05) is 59.7 Å². The van der Waals surface area contributed by atoms with Crippen molar-refractivity contribution in [2.45, 2.75) is 68.3 Å². The predicted molar refractivity (Wildman–Crippen MR) is 111 cm³/mol. The molecule has 1 unspecified atom stereocenters. The Bertz CT molecular complexity index is 959. The largest absolute Gasteiger partial charge is 0.491 e. The molecular formula is C23H30O4S. The summed E-state index contributed by atoms with van der Waals surface area (Å²) in [6.07, 6.45) is 0.116. The van der Waals surface area contributed by atoms with E-state index in [1.54, 1.807) is 18.2 Å². The molecule has 0 spiro atoms. The van der Waals surface area contributed by atoms with Gasteiger partial charge < -0.3 is 9.47 Å². The Morgan fingerprint density at radius 3 is 2.25 bits per heavy atom.